The van der Waals surface area contributed by atoms with Crippen molar-refractivity contribution in [3.8, 4) is 0 Å². The number of carbonyl (C=O) groups excluding carboxylic acids is 1. The number of aromatic nitrogens is 2. The molecule has 3 aromatic rings. The molecule has 2 heterocycles. The van der Waals surface area contributed by atoms with Gasteiger partial charge >= 0.3 is 0 Å². The largest absolute Gasteiger partial charge is 0.338 e. The van der Waals surface area contributed by atoms with E-state index in [0.717, 1.165) is 30.1 Å². The maximum Gasteiger partial charge on any atom is 0.272 e. The molecule has 2 aromatic carbocycles. The Morgan fingerprint density at radius 2 is 1.94 bits per heavy atom. The first kappa shape index (κ1) is 20.8. The highest BCUT2D eigenvalue weighted by molar-refractivity contribution is 5.95. The van der Waals surface area contributed by atoms with Gasteiger partial charge in [-0.15, -0.1) is 0 Å². The van der Waals surface area contributed by atoms with Crippen molar-refractivity contribution >= 4 is 16.7 Å². The summed E-state index contributed by atoms with van der Waals surface area (Å²) < 4.78 is 14.5. The van der Waals surface area contributed by atoms with Gasteiger partial charge in [0.25, 0.3) is 11.5 Å². The molecule has 0 spiro atoms. The molecule has 0 unspecified atom stereocenters. The van der Waals surface area contributed by atoms with Gasteiger partial charge in [0.15, 0.2) is 0 Å². The van der Waals surface area contributed by atoms with Crippen molar-refractivity contribution in [1.29, 1.82) is 0 Å². The molecule has 0 bridgehead atoms. The standard InChI is InChI=1S/C25H27FN4O2/c1-2-29(18-8-9-18)13-17-14-30(15-17)25(32)21-11-16(7-10-22(21)26)12-23-19-5-3-4-6-20(19)24(31)28-27-23/h3-7,10-11,17-18H,2,8-9,12-15H2,1H3,(H,28,31). The normalized spacial score (nSPS) is 16.5. The maximum absolute atomic E-state index is 14.5. The predicted molar refractivity (Wildman–Crippen MR) is 121 cm³/mol. The van der Waals surface area contributed by atoms with Gasteiger partial charge in [0.05, 0.1) is 16.6 Å². The summed E-state index contributed by atoms with van der Waals surface area (Å²) in [5, 5.41) is 8.05. The molecule has 0 radical (unpaired) electrons. The highest BCUT2D eigenvalue weighted by atomic mass is 19.1. The number of carbonyl (C=O) groups is 1. The fraction of sp³-hybridized carbons (Fsp3) is 0.400. The average Bonchev–Trinajstić information content (AvgIpc) is 3.61. The van der Waals surface area contributed by atoms with E-state index in [1.165, 1.54) is 18.9 Å². The topological polar surface area (TPSA) is 69.3 Å². The monoisotopic (exact) mass is 434 g/mol. The van der Waals surface area contributed by atoms with Crippen LogP contribution in [0, 0.1) is 11.7 Å². The number of amides is 1. The fourth-order valence-electron chi connectivity index (χ4n) is 4.68. The minimum Gasteiger partial charge on any atom is -0.338 e. The third kappa shape index (κ3) is 4.05. The predicted octanol–water partition coefficient (Wildman–Crippen LogP) is 3.21. The summed E-state index contributed by atoms with van der Waals surface area (Å²) in [5.41, 5.74) is 1.33. The summed E-state index contributed by atoms with van der Waals surface area (Å²) in [6.07, 6.45) is 2.95. The molecular formula is C25H27FN4O2. The lowest BCUT2D eigenvalue weighted by molar-refractivity contribution is 0.0406. The molecule has 1 aliphatic carbocycles. The van der Waals surface area contributed by atoms with E-state index < -0.39 is 5.82 Å². The van der Waals surface area contributed by atoms with Gasteiger partial charge in [-0.1, -0.05) is 31.2 Å². The van der Waals surface area contributed by atoms with E-state index in [1.54, 1.807) is 29.2 Å². The van der Waals surface area contributed by atoms with Crippen LogP contribution in [0.5, 0.6) is 0 Å². The van der Waals surface area contributed by atoms with Gasteiger partial charge in [-0.05, 0) is 43.1 Å². The number of likely N-dealkylation sites (tertiary alicyclic amines) is 1. The van der Waals surface area contributed by atoms with Crippen LogP contribution in [0.2, 0.25) is 0 Å². The molecular weight excluding hydrogens is 407 g/mol. The second-order valence-corrected chi connectivity index (χ2v) is 8.93. The van der Waals surface area contributed by atoms with E-state index in [9.17, 15) is 14.0 Å². The van der Waals surface area contributed by atoms with E-state index in [0.29, 0.717) is 36.5 Å². The Morgan fingerprint density at radius 3 is 2.66 bits per heavy atom. The lowest BCUT2D eigenvalue weighted by Crippen LogP contribution is -2.54. The minimum absolute atomic E-state index is 0.101. The van der Waals surface area contributed by atoms with Crippen LogP contribution in [-0.2, 0) is 6.42 Å². The summed E-state index contributed by atoms with van der Waals surface area (Å²) in [7, 11) is 0. The van der Waals surface area contributed by atoms with Crippen LogP contribution in [0.15, 0.2) is 47.3 Å². The van der Waals surface area contributed by atoms with E-state index in [1.807, 2.05) is 12.1 Å². The van der Waals surface area contributed by atoms with E-state index in [2.05, 4.69) is 22.0 Å². The molecule has 2 fully saturated rings. The van der Waals surface area contributed by atoms with Crippen LogP contribution in [0.3, 0.4) is 0 Å². The molecule has 2 aliphatic rings. The molecule has 1 amide bonds. The lowest BCUT2D eigenvalue weighted by Gasteiger charge is -2.41. The zero-order valence-electron chi connectivity index (χ0n) is 18.2. The van der Waals surface area contributed by atoms with Crippen LogP contribution in [-0.4, -0.2) is 58.1 Å². The maximum atomic E-state index is 14.5. The smallest absolute Gasteiger partial charge is 0.272 e. The van der Waals surface area contributed by atoms with Crippen molar-refractivity contribution < 1.29 is 9.18 Å². The van der Waals surface area contributed by atoms with Gasteiger partial charge in [0.2, 0.25) is 0 Å². The molecule has 32 heavy (non-hydrogen) atoms. The van der Waals surface area contributed by atoms with Crippen molar-refractivity contribution in [3.63, 3.8) is 0 Å². The van der Waals surface area contributed by atoms with Gasteiger partial charge < -0.3 is 9.80 Å². The van der Waals surface area contributed by atoms with Crippen LogP contribution in [0.4, 0.5) is 4.39 Å². The minimum atomic E-state index is -0.505. The van der Waals surface area contributed by atoms with Crippen molar-refractivity contribution in [2.45, 2.75) is 32.2 Å². The SMILES string of the molecule is CCN(CC1CN(C(=O)c2cc(Cc3n[nH]c(=O)c4ccccc34)ccc2F)C1)C1CC1. The quantitative estimate of drug-likeness (QED) is 0.620. The summed E-state index contributed by atoms with van der Waals surface area (Å²) in [6, 6.07) is 12.6. The number of nitrogens with one attached hydrogen (secondary N) is 1. The number of hydrogen-bond acceptors (Lipinski definition) is 4. The third-order valence-corrected chi connectivity index (χ3v) is 6.61. The van der Waals surface area contributed by atoms with Gasteiger partial charge in [-0.3, -0.25) is 9.59 Å². The molecule has 5 rings (SSSR count). The Morgan fingerprint density at radius 1 is 1.19 bits per heavy atom. The zero-order valence-corrected chi connectivity index (χ0v) is 18.2. The summed E-state index contributed by atoms with van der Waals surface area (Å²) in [5.74, 6) is -0.300. The molecule has 166 valence electrons. The second kappa shape index (κ2) is 8.47. The van der Waals surface area contributed by atoms with Gasteiger partial charge in [-0.25, -0.2) is 9.49 Å². The second-order valence-electron chi connectivity index (χ2n) is 8.93. The molecule has 0 atom stereocenters. The molecule has 1 saturated carbocycles. The van der Waals surface area contributed by atoms with E-state index in [-0.39, 0.29) is 17.0 Å². The van der Waals surface area contributed by atoms with Crippen molar-refractivity contribution in [3.05, 3.63) is 75.5 Å². The zero-order chi connectivity index (χ0) is 22.2. The fourth-order valence-corrected chi connectivity index (χ4v) is 4.68. The van der Waals surface area contributed by atoms with Gasteiger partial charge in [0, 0.05) is 43.4 Å². The lowest BCUT2D eigenvalue weighted by atomic mass is 9.96. The van der Waals surface area contributed by atoms with Crippen LogP contribution in [0.25, 0.3) is 10.8 Å². The van der Waals surface area contributed by atoms with Crippen LogP contribution in [0.1, 0.15) is 41.4 Å². The first-order valence-electron chi connectivity index (χ1n) is 11.3. The molecule has 7 heteroatoms. The molecule has 1 aromatic heterocycles. The number of benzene rings is 2. The number of halogens is 1. The Hall–Kier alpha value is -3.06. The van der Waals surface area contributed by atoms with Crippen molar-refractivity contribution in [2.75, 3.05) is 26.2 Å². The molecule has 1 saturated heterocycles. The van der Waals surface area contributed by atoms with Gasteiger partial charge in [-0.2, -0.15) is 5.10 Å². The third-order valence-electron chi connectivity index (χ3n) is 6.61. The number of rotatable bonds is 7. The summed E-state index contributed by atoms with van der Waals surface area (Å²) in [4.78, 5) is 29.2. The van der Waals surface area contributed by atoms with Crippen molar-refractivity contribution in [2.24, 2.45) is 5.92 Å². The number of hydrogen-bond donors (Lipinski definition) is 1. The van der Waals surface area contributed by atoms with E-state index >= 15 is 0 Å². The Balaban J connectivity index is 1.30. The van der Waals surface area contributed by atoms with Crippen LogP contribution < -0.4 is 5.56 Å². The van der Waals surface area contributed by atoms with Gasteiger partial charge in [0.1, 0.15) is 5.82 Å². The Labute approximate surface area is 186 Å². The number of aromatic amines is 1. The number of H-pyrrole nitrogens is 1. The molecule has 6 nitrogen and oxygen atoms in total. The summed E-state index contributed by atoms with van der Waals surface area (Å²) >= 11 is 0. The number of nitrogens with zero attached hydrogens (tertiary/aromatic N) is 3. The van der Waals surface area contributed by atoms with Crippen molar-refractivity contribution in [1.82, 2.24) is 20.0 Å². The van der Waals surface area contributed by atoms with E-state index in [4.69, 9.17) is 0 Å². The summed E-state index contributed by atoms with van der Waals surface area (Å²) in [6.45, 7) is 5.59. The average molecular weight is 435 g/mol. The number of fused-ring (bicyclic) bond motifs is 1. The van der Waals surface area contributed by atoms with Crippen LogP contribution >= 0.6 is 0 Å². The first-order chi connectivity index (χ1) is 15.5. The molecule has 1 aliphatic heterocycles. The highest BCUT2D eigenvalue weighted by Crippen LogP contribution is 2.29. The Bertz CT molecular complexity index is 1210. The Kier molecular flexibility index (Phi) is 5.51. The molecule has 1 N–H and O–H groups in total. The highest BCUT2D eigenvalue weighted by Gasteiger charge is 2.36. The first-order valence-corrected chi connectivity index (χ1v) is 11.3.